The molecule has 1 rings (SSSR count). The van der Waals surface area contributed by atoms with Gasteiger partial charge in [-0.25, -0.2) is 4.79 Å². The molecule has 6 heteroatoms. The van der Waals surface area contributed by atoms with E-state index < -0.39 is 17.9 Å². The molecule has 0 bridgehead atoms. The van der Waals surface area contributed by atoms with Crippen molar-refractivity contribution in [2.45, 2.75) is 33.4 Å². The fourth-order valence-corrected chi connectivity index (χ4v) is 2.35. The zero-order chi connectivity index (χ0) is 13.7. The zero-order valence-electron chi connectivity index (χ0n) is 10.8. The third kappa shape index (κ3) is 3.82. The van der Waals surface area contributed by atoms with Gasteiger partial charge in [0.1, 0.15) is 0 Å². The third-order valence-electron chi connectivity index (χ3n) is 2.48. The molecule has 0 aromatic carbocycles. The minimum absolute atomic E-state index is 0.211. The van der Waals surface area contributed by atoms with E-state index in [4.69, 9.17) is 5.73 Å². The van der Waals surface area contributed by atoms with E-state index in [1.165, 1.54) is 10.4 Å². The zero-order valence-corrected chi connectivity index (χ0v) is 11.6. The molecule has 0 aliphatic carbocycles. The first-order valence-corrected chi connectivity index (χ1v) is 6.53. The smallest absolute Gasteiger partial charge is 0.332 e. The van der Waals surface area contributed by atoms with Gasteiger partial charge in [0.05, 0.1) is 13.2 Å². The number of nitrogens with two attached hydrogens (primary N) is 1. The van der Waals surface area contributed by atoms with Gasteiger partial charge in [0, 0.05) is 9.75 Å². The van der Waals surface area contributed by atoms with Gasteiger partial charge < -0.3 is 15.8 Å². The highest BCUT2D eigenvalue weighted by atomic mass is 32.1. The molecule has 1 aromatic rings. The van der Waals surface area contributed by atoms with E-state index >= 15 is 0 Å². The van der Waals surface area contributed by atoms with Crippen LogP contribution in [0.3, 0.4) is 0 Å². The number of aryl methyl sites for hydroxylation is 2. The molecule has 0 saturated carbocycles. The van der Waals surface area contributed by atoms with Gasteiger partial charge in [-0.3, -0.25) is 4.79 Å². The van der Waals surface area contributed by atoms with Crippen LogP contribution in [0.2, 0.25) is 0 Å². The van der Waals surface area contributed by atoms with Crippen LogP contribution in [0, 0.1) is 13.8 Å². The van der Waals surface area contributed by atoms with E-state index in [1.807, 2.05) is 19.9 Å². The highest BCUT2D eigenvalue weighted by Gasteiger charge is 2.23. The molecule has 100 valence electrons. The Balaban J connectivity index is 2.48. The molecule has 5 nitrogen and oxygen atoms in total. The van der Waals surface area contributed by atoms with Crippen molar-refractivity contribution in [3.05, 3.63) is 21.4 Å². The summed E-state index contributed by atoms with van der Waals surface area (Å²) in [7, 11) is 0. The average molecular weight is 270 g/mol. The molecular formula is C12H18N2O3S. The van der Waals surface area contributed by atoms with Crippen LogP contribution >= 0.6 is 11.3 Å². The van der Waals surface area contributed by atoms with Gasteiger partial charge in [0.25, 0.3) is 0 Å². The first-order chi connectivity index (χ1) is 8.45. The molecule has 0 saturated heterocycles. The van der Waals surface area contributed by atoms with Crippen molar-refractivity contribution < 1.29 is 14.3 Å². The van der Waals surface area contributed by atoms with E-state index in [9.17, 15) is 9.59 Å². The van der Waals surface area contributed by atoms with Gasteiger partial charge in [-0.15, -0.1) is 11.3 Å². The van der Waals surface area contributed by atoms with Crippen molar-refractivity contribution in [1.29, 1.82) is 0 Å². The molecule has 1 amide bonds. The van der Waals surface area contributed by atoms with Gasteiger partial charge in [0.15, 0.2) is 6.04 Å². The van der Waals surface area contributed by atoms with E-state index in [-0.39, 0.29) is 6.61 Å². The van der Waals surface area contributed by atoms with E-state index in [1.54, 1.807) is 18.3 Å². The van der Waals surface area contributed by atoms with Gasteiger partial charge >= 0.3 is 5.97 Å². The summed E-state index contributed by atoms with van der Waals surface area (Å²) in [6.45, 7) is 6.30. The number of hydrogen-bond acceptors (Lipinski definition) is 5. The topological polar surface area (TPSA) is 81.4 Å². The van der Waals surface area contributed by atoms with Gasteiger partial charge in [-0.05, 0) is 32.4 Å². The maximum atomic E-state index is 11.6. The van der Waals surface area contributed by atoms with Crippen molar-refractivity contribution in [1.82, 2.24) is 5.32 Å². The van der Waals surface area contributed by atoms with E-state index in [2.05, 4.69) is 10.1 Å². The Morgan fingerprint density at radius 3 is 2.67 bits per heavy atom. The molecule has 1 aromatic heterocycles. The number of hydrogen-bond donors (Lipinski definition) is 2. The first kappa shape index (κ1) is 14.7. The maximum absolute atomic E-state index is 11.6. The molecule has 0 fully saturated rings. The fourth-order valence-electron chi connectivity index (χ4n) is 1.36. The molecule has 1 unspecified atom stereocenters. The Morgan fingerprint density at radius 2 is 2.17 bits per heavy atom. The summed E-state index contributed by atoms with van der Waals surface area (Å²) in [6.07, 6.45) is 0. The Bertz CT molecular complexity index is 423. The summed E-state index contributed by atoms with van der Waals surface area (Å²) in [5, 5.41) is 2.62. The van der Waals surface area contributed by atoms with Crippen LogP contribution in [-0.4, -0.2) is 24.5 Å². The minimum Gasteiger partial charge on any atom is -0.464 e. The van der Waals surface area contributed by atoms with E-state index in [0.29, 0.717) is 6.54 Å². The Hall–Kier alpha value is -1.40. The summed E-state index contributed by atoms with van der Waals surface area (Å²) in [5.41, 5.74) is 6.66. The Labute approximate surface area is 110 Å². The molecule has 3 N–H and O–H groups in total. The molecule has 0 aliphatic rings. The number of esters is 1. The predicted molar refractivity (Wildman–Crippen MR) is 70.2 cm³/mol. The highest BCUT2D eigenvalue weighted by Crippen LogP contribution is 2.20. The number of rotatable bonds is 5. The molecule has 1 heterocycles. The summed E-state index contributed by atoms with van der Waals surface area (Å²) in [4.78, 5) is 25.1. The predicted octanol–water partition coefficient (Wildman–Crippen LogP) is 0.872. The second-order valence-electron chi connectivity index (χ2n) is 3.90. The van der Waals surface area contributed by atoms with Crippen LogP contribution < -0.4 is 11.1 Å². The minimum atomic E-state index is -1.26. The van der Waals surface area contributed by atoms with Gasteiger partial charge in [-0.1, -0.05) is 0 Å². The van der Waals surface area contributed by atoms with Crippen LogP contribution in [0.1, 0.15) is 22.2 Å². The number of nitrogens with one attached hydrogen (secondary N) is 1. The normalized spacial score (nSPS) is 12.0. The molecule has 0 aliphatic heterocycles. The monoisotopic (exact) mass is 270 g/mol. The van der Waals surface area contributed by atoms with Crippen molar-refractivity contribution in [3.63, 3.8) is 0 Å². The van der Waals surface area contributed by atoms with Crippen LogP contribution in [0.4, 0.5) is 0 Å². The summed E-state index contributed by atoms with van der Waals surface area (Å²) in [6, 6.07) is 0.753. The SMILES string of the molecule is CCOC(=O)C(N)C(=O)NCc1cc(C)c(C)s1. The first-order valence-electron chi connectivity index (χ1n) is 5.71. The lowest BCUT2D eigenvalue weighted by Gasteiger charge is -2.10. The second kappa shape index (κ2) is 6.51. The van der Waals surface area contributed by atoms with Crippen molar-refractivity contribution >= 4 is 23.2 Å². The fraction of sp³-hybridized carbons (Fsp3) is 0.500. The van der Waals surface area contributed by atoms with Gasteiger partial charge in [-0.2, -0.15) is 0 Å². The number of ether oxygens (including phenoxy) is 1. The lowest BCUT2D eigenvalue weighted by atomic mass is 10.2. The lowest BCUT2D eigenvalue weighted by molar-refractivity contribution is -0.148. The molecule has 0 spiro atoms. The lowest BCUT2D eigenvalue weighted by Crippen LogP contribution is -2.46. The summed E-state index contributed by atoms with van der Waals surface area (Å²) < 4.78 is 4.68. The van der Waals surface area contributed by atoms with Crippen LogP contribution in [-0.2, 0) is 20.9 Å². The number of thiophene rings is 1. The Kier molecular flexibility index (Phi) is 5.30. The number of carbonyl (C=O) groups is 2. The van der Waals surface area contributed by atoms with Crippen LogP contribution in [0.15, 0.2) is 6.07 Å². The van der Waals surface area contributed by atoms with Crippen LogP contribution in [0.25, 0.3) is 0 Å². The quantitative estimate of drug-likeness (QED) is 0.614. The molecular weight excluding hydrogens is 252 g/mol. The Morgan fingerprint density at radius 1 is 1.50 bits per heavy atom. The number of carbonyl (C=O) groups excluding carboxylic acids is 2. The van der Waals surface area contributed by atoms with Crippen molar-refractivity contribution in [2.24, 2.45) is 5.73 Å². The molecule has 1 atom stereocenters. The summed E-state index contributed by atoms with van der Waals surface area (Å²) in [5.74, 6) is -1.22. The maximum Gasteiger partial charge on any atom is 0.332 e. The van der Waals surface area contributed by atoms with Crippen molar-refractivity contribution in [2.75, 3.05) is 6.61 Å². The largest absolute Gasteiger partial charge is 0.464 e. The van der Waals surface area contributed by atoms with Crippen molar-refractivity contribution in [3.8, 4) is 0 Å². The molecule has 18 heavy (non-hydrogen) atoms. The summed E-state index contributed by atoms with van der Waals surface area (Å²) >= 11 is 1.62. The van der Waals surface area contributed by atoms with E-state index in [0.717, 1.165) is 4.88 Å². The second-order valence-corrected chi connectivity index (χ2v) is 5.24. The number of amides is 1. The third-order valence-corrected chi connectivity index (χ3v) is 3.63. The van der Waals surface area contributed by atoms with Crippen LogP contribution in [0.5, 0.6) is 0 Å². The standard InChI is InChI=1S/C12H18N2O3S/c1-4-17-12(16)10(13)11(15)14-6-9-5-7(2)8(3)18-9/h5,10H,4,6,13H2,1-3H3,(H,14,15). The van der Waals surface area contributed by atoms with Gasteiger partial charge in [0.2, 0.25) is 5.91 Å². The average Bonchev–Trinajstić information content (AvgIpc) is 2.65. The highest BCUT2D eigenvalue weighted by molar-refractivity contribution is 7.12. The molecule has 0 radical (unpaired) electrons.